The van der Waals surface area contributed by atoms with Gasteiger partial charge in [0.05, 0.1) is 29.6 Å². The molecule has 120 valence electrons. The topological polar surface area (TPSA) is 77.2 Å². The number of ether oxygens (including phenoxy) is 1. The van der Waals surface area contributed by atoms with Gasteiger partial charge in [0.2, 0.25) is 0 Å². The maximum Gasteiger partial charge on any atom is 0.336 e. The molecule has 6 heteroatoms. The highest BCUT2D eigenvalue weighted by molar-refractivity contribution is 6.00. The average molecular weight is 321 g/mol. The van der Waals surface area contributed by atoms with E-state index in [2.05, 4.69) is 10.1 Å². The summed E-state index contributed by atoms with van der Waals surface area (Å²) in [5, 5.41) is 14.9. The number of aryl methyl sites for hydroxylation is 1. The van der Waals surface area contributed by atoms with Crippen molar-refractivity contribution in [1.82, 2.24) is 14.8 Å². The van der Waals surface area contributed by atoms with Crippen LogP contribution in [-0.2, 0) is 13.5 Å². The molecule has 1 N–H and O–H groups in total. The second-order valence-corrected chi connectivity index (χ2v) is 5.73. The largest absolute Gasteiger partial charge is 0.497 e. The van der Waals surface area contributed by atoms with Crippen molar-refractivity contribution in [2.75, 3.05) is 7.11 Å². The van der Waals surface area contributed by atoms with E-state index >= 15 is 0 Å². The van der Waals surface area contributed by atoms with E-state index in [1.54, 1.807) is 13.2 Å². The summed E-state index contributed by atoms with van der Waals surface area (Å²) in [5.41, 5.74) is 4.61. The first-order valence-corrected chi connectivity index (χ1v) is 7.51. The predicted octanol–water partition coefficient (Wildman–Crippen LogP) is 2.77. The number of rotatable bonds is 3. The fourth-order valence-corrected chi connectivity index (χ4v) is 3.27. The van der Waals surface area contributed by atoms with E-state index in [0.29, 0.717) is 17.7 Å². The third-order valence-corrected chi connectivity index (χ3v) is 4.34. The fraction of sp³-hybridized carbons (Fsp3) is 0.167. The Kier molecular flexibility index (Phi) is 3.13. The zero-order valence-electron chi connectivity index (χ0n) is 13.3. The van der Waals surface area contributed by atoms with Crippen molar-refractivity contribution in [3.8, 4) is 5.75 Å². The molecule has 0 unspecified atom stereocenters. The Hall–Kier alpha value is -3.15. The molecule has 2 heterocycles. The normalized spacial score (nSPS) is 13.0. The number of aromatic carboxylic acids is 1. The summed E-state index contributed by atoms with van der Waals surface area (Å²) in [6, 6.07) is 7.32. The molecule has 0 bridgehead atoms. The molecular formula is C18H15N3O3. The number of pyridine rings is 1. The van der Waals surface area contributed by atoms with Crippen LogP contribution in [0.25, 0.3) is 22.6 Å². The molecule has 1 aromatic carbocycles. The zero-order chi connectivity index (χ0) is 16.8. The molecule has 0 radical (unpaired) electrons. The van der Waals surface area contributed by atoms with E-state index in [9.17, 15) is 9.90 Å². The average Bonchev–Trinajstić information content (AvgIpc) is 3.12. The predicted molar refractivity (Wildman–Crippen MR) is 90.0 cm³/mol. The lowest BCUT2D eigenvalue weighted by molar-refractivity contribution is 0.0695. The van der Waals surface area contributed by atoms with Gasteiger partial charge in [-0.25, -0.2) is 4.79 Å². The number of carboxylic acid groups (broad SMARTS) is 1. The molecule has 24 heavy (non-hydrogen) atoms. The van der Waals surface area contributed by atoms with Gasteiger partial charge in [-0.1, -0.05) is 0 Å². The summed E-state index contributed by atoms with van der Waals surface area (Å²) < 4.78 is 7.07. The highest BCUT2D eigenvalue weighted by atomic mass is 16.5. The van der Waals surface area contributed by atoms with Crippen LogP contribution in [0.2, 0.25) is 0 Å². The minimum atomic E-state index is -0.928. The lowest BCUT2D eigenvalue weighted by atomic mass is 10.0. The monoisotopic (exact) mass is 321 g/mol. The Morgan fingerprint density at radius 1 is 1.33 bits per heavy atom. The first-order chi connectivity index (χ1) is 11.6. The summed E-state index contributed by atoms with van der Waals surface area (Å²) >= 11 is 0. The Bertz CT molecular complexity index is 1020. The summed E-state index contributed by atoms with van der Waals surface area (Å²) in [6.45, 7) is 0. The standard InChI is InChI=1S/C18H15N3O3/c1-21-17(13-4-3-11(24-2)9-16(13)20-21)10-7-14-12(18(22)23)5-6-19-15(14)8-10/h3-6,8-9H,7H2,1-2H3,(H,22,23). The molecule has 0 saturated heterocycles. The number of carboxylic acids is 1. The third-order valence-electron chi connectivity index (χ3n) is 4.34. The van der Waals surface area contributed by atoms with Crippen molar-refractivity contribution < 1.29 is 14.6 Å². The molecule has 1 aliphatic rings. The number of allylic oxidation sites excluding steroid dienone is 1. The van der Waals surface area contributed by atoms with Gasteiger partial charge < -0.3 is 9.84 Å². The molecule has 0 fully saturated rings. The van der Waals surface area contributed by atoms with Crippen molar-refractivity contribution >= 4 is 28.5 Å². The maximum absolute atomic E-state index is 11.4. The van der Waals surface area contributed by atoms with Crippen LogP contribution in [0.5, 0.6) is 5.75 Å². The van der Waals surface area contributed by atoms with Gasteiger partial charge in [0, 0.05) is 31.1 Å². The second kappa shape index (κ2) is 5.19. The molecule has 0 amide bonds. The number of methoxy groups -OCH3 is 1. The Balaban J connectivity index is 1.84. The Morgan fingerprint density at radius 2 is 2.17 bits per heavy atom. The van der Waals surface area contributed by atoms with Gasteiger partial charge in [-0.15, -0.1) is 0 Å². The van der Waals surface area contributed by atoms with Gasteiger partial charge in [0.1, 0.15) is 5.75 Å². The van der Waals surface area contributed by atoms with Crippen LogP contribution in [0.4, 0.5) is 0 Å². The number of hydrogen-bond acceptors (Lipinski definition) is 4. The number of hydrogen-bond donors (Lipinski definition) is 1. The third kappa shape index (κ3) is 2.07. The van der Waals surface area contributed by atoms with Crippen molar-refractivity contribution in [1.29, 1.82) is 0 Å². The van der Waals surface area contributed by atoms with E-state index in [1.165, 1.54) is 6.20 Å². The molecule has 0 aliphatic heterocycles. The first kappa shape index (κ1) is 14.4. The number of nitrogens with zero attached hydrogens (tertiary/aromatic N) is 3. The SMILES string of the molecule is COc1ccc2c(C3=Cc4nccc(C(=O)O)c4C3)n(C)nc2c1. The molecule has 6 nitrogen and oxygen atoms in total. The Morgan fingerprint density at radius 3 is 2.92 bits per heavy atom. The molecule has 2 aromatic heterocycles. The number of fused-ring (bicyclic) bond motifs is 2. The highest BCUT2D eigenvalue weighted by Crippen LogP contribution is 2.36. The molecular weight excluding hydrogens is 306 g/mol. The number of benzene rings is 1. The van der Waals surface area contributed by atoms with Crippen LogP contribution in [0.1, 0.15) is 27.3 Å². The smallest absolute Gasteiger partial charge is 0.336 e. The van der Waals surface area contributed by atoms with Crippen LogP contribution < -0.4 is 4.74 Å². The molecule has 1 aliphatic carbocycles. The summed E-state index contributed by atoms with van der Waals surface area (Å²) in [6.07, 6.45) is 4.02. The minimum Gasteiger partial charge on any atom is -0.497 e. The van der Waals surface area contributed by atoms with Crippen LogP contribution in [0.15, 0.2) is 30.5 Å². The van der Waals surface area contributed by atoms with Crippen molar-refractivity contribution in [2.24, 2.45) is 7.05 Å². The van der Waals surface area contributed by atoms with Gasteiger partial charge in [0.25, 0.3) is 0 Å². The molecule has 3 aromatic rings. The summed E-state index contributed by atoms with van der Waals surface area (Å²) in [4.78, 5) is 15.7. The molecule has 0 spiro atoms. The highest BCUT2D eigenvalue weighted by Gasteiger charge is 2.24. The fourth-order valence-electron chi connectivity index (χ4n) is 3.27. The quantitative estimate of drug-likeness (QED) is 0.802. The van der Waals surface area contributed by atoms with E-state index in [0.717, 1.165) is 33.5 Å². The van der Waals surface area contributed by atoms with Gasteiger partial charge in [-0.3, -0.25) is 9.67 Å². The van der Waals surface area contributed by atoms with E-state index in [4.69, 9.17) is 4.74 Å². The second-order valence-electron chi connectivity index (χ2n) is 5.73. The molecule has 0 atom stereocenters. The lowest BCUT2D eigenvalue weighted by Crippen LogP contribution is -2.04. The van der Waals surface area contributed by atoms with Crippen molar-refractivity contribution in [2.45, 2.75) is 6.42 Å². The maximum atomic E-state index is 11.4. The van der Waals surface area contributed by atoms with Crippen LogP contribution in [0, 0.1) is 0 Å². The summed E-state index contributed by atoms with van der Waals surface area (Å²) in [5.74, 6) is -0.173. The Labute approximate surface area is 138 Å². The van der Waals surface area contributed by atoms with Crippen molar-refractivity contribution in [3.05, 3.63) is 53.0 Å². The van der Waals surface area contributed by atoms with Gasteiger partial charge >= 0.3 is 5.97 Å². The van der Waals surface area contributed by atoms with Crippen molar-refractivity contribution in [3.63, 3.8) is 0 Å². The van der Waals surface area contributed by atoms with Crippen LogP contribution in [0.3, 0.4) is 0 Å². The molecule has 4 rings (SSSR count). The summed E-state index contributed by atoms with van der Waals surface area (Å²) in [7, 11) is 3.51. The zero-order valence-corrected chi connectivity index (χ0v) is 13.3. The first-order valence-electron chi connectivity index (χ1n) is 7.51. The minimum absolute atomic E-state index is 0.305. The van der Waals surface area contributed by atoms with E-state index in [1.807, 2.05) is 36.0 Å². The van der Waals surface area contributed by atoms with E-state index in [-0.39, 0.29) is 0 Å². The van der Waals surface area contributed by atoms with Crippen LogP contribution in [-0.4, -0.2) is 33.0 Å². The van der Waals surface area contributed by atoms with Crippen LogP contribution >= 0.6 is 0 Å². The van der Waals surface area contributed by atoms with Gasteiger partial charge in [0.15, 0.2) is 0 Å². The number of aromatic nitrogens is 3. The molecule has 0 saturated carbocycles. The van der Waals surface area contributed by atoms with Gasteiger partial charge in [-0.2, -0.15) is 5.10 Å². The van der Waals surface area contributed by atoms with Gasteiger partial charge in [-0.05, 0) is 35.4 Å². The lowest BCUT2D eigenvalue weighted by Gasteiger charge is -2.05. The number of carbonyl (C=O) groups is 1. The van der Waals surface area contributed by atoms with E-state index < -0.39 is 5.97 Å².